The Morgan fingerprint density at radius 3 is 2.21 bits per heavy atom. The van der Waals surface area contributed by atoms with Crippen LogP contribution in [0.1, 0.15) is 40.5 Å². The molecule has 0 amide bonds. The molecule has 2 aliphatic heterocycles. The van der Waals surface area contributed by atoms with Crippen molar-refractivity contribution in [1.82, 2.24) is 25.3 Å². The lowest BCUT2D eigenvalue weighted by Crippen LogP contribution is -2.52. The highest BCUT2D eigenvalue weighted by molar-refractivity contribution is 14.0. The molecule has 7 nitrogen and oxygen atoms in total. The van der Waals surface area contributed by atoms with Gasteiger partial charge in [0.25, 0.3) is 0 Å². The molecule has 0 unspecified atom stereocenters. The highest BCUT2D eigenvalue weighted by Gasteiger charge is 2.28. The van der Waals surface area contributed by atoms with E-state index in [0.29, 0.717) is 0 Å². The summed E-state index contributed by atoms with van der Waals surface area (Å²) >= 11 is 0. The summed E-state index contributed by atoms with van der Waals surface area (Å²) in [5, 5.41) is 6.91. The van der Waals surface area contributed by atoms with Gasteiger partial charge in [0.05, 0.1) is 19.8 Å². The van der Waals surface area contributed by atoms with Crippen LogP contribution in [0.5, 0.6) is 0 Å². The van der Waals surface area contributed by atoms with Crippen LogP contribution in [0.2, 0.25) is 0 Å². The van der Waals surface area contributed by atoms with E-state index in [4.69, 9.17) is 9.73 Å². The van der Waals surface area contributed by atoms with Gasteiger partial charge in [-0.25, -0.2) is 0 Å². The molecule has 0 aromatic heterocycles. The maximum Gasteiger partial charge on any atom is 0.191 e. The number of ether oxygens (including phenoxy) is 1. The molecule has 2 fully saturated rings. The van der Waals surface area contributed by atoms with Gasteiger partial charge in [0.15, 0.2) is 5.96 Å². The molecule has 2 saturated heterocycles. The van der Waals surface area contributed by atoms with E-state index < -0.39 is 0 Å². The van der Waals surface area contributed by atoms with Crippen molar-refractivity contribution in [3.63, 3.8) is 0 Å². The van der Waals surface area contributed by atoms with E-state index in [0.717, 1.165) is 51.9 Å². The number of likely N-dealkylation sites (N-methyl/N-ethyl adjacent to an activating group) is 1. The van der Waals surface area contributed by atoms with E-state index in [1.165, 1.54) is 52.1 Å². The number of piperazine rings is 1. The Labute approximate surface area is 196 Å². The summed E-state index contributed by atoms with van der Waals surface area (Å²) in [6.45, 7) is 22.6. The average molecular weight is 525 g/mol. The van der Waals surface area contributed by atoms with E-state index in [2.05, 4.69) is 53.0 Å². The van der Waals surface area contributed by atoms with Crippen molar-refractivity contribution in [3.05, 3.63) is 0 Å². The van der Waals surface area contributed by atoms with Crippen LogP contribution in [-0.4, -0.2) is 111 Å². The van der Waals surface area contributed by atoms with Crippen molar-refractivity contribution in [2.75, 3.05) is 85.2 Å². The number of nitrogens with zero attached hydrogens (tertiary/aromatic N) is 4. The molecule has 0 aliphatic carbocycles. The Morgan fingerprint density at radius 2 is 1.59 bits per heavy atom. The Kier molecular flexibility index (Phi) is 13.7. The third-order valence-electron chi connectivity index (χ3n) is 5.94. The molecule has 2 heterocycles. The molecule has 2 N–H and O–H groups in total. The van der Waals surface area contributed by atoms with Gasteiger partial charge in [0.2, 0.25) is 0 Å². The normalized spacial score (nSPS) is 20.3. The first-order valence-corrected chi connectivity index (χ1v) is 11.3. The Hall–Kier alpha value is -0.160. The number of unbranched alkanes of at least 4 members (excludes halogenated alkanes) is 1. The van der Waals surface area contributed by atoms with E-state index in [1.54, 1.807) is 0 Å². The van der Waals surface area contributed by atoms with Gasteiger partial charge in [-0.1, -0.05) is 6.92 Å². The minimum Gasteiger partial charge on any atom is -0.379 e. The molecule has 0 aromatic carbocycles. The van der Waals surface area contributed by atoms with Gasteiger partial charge >= 0.3 is 0 Å². The molecule has 0 spiro atoms. The zero-order valence-electron chi connectivity index (χ0n) is 19.2. The average Bonchev–Trinajstić information content (AvgIpc) is 2.73. The van der Waals surface area contributed by atoms with Crippen LogP contribution in [0.4, 0.5) is 0 Å². The van der Waals surface area contributed by atoms with Crippen LogP contribution in [0.3, 0.4) is 0 Å². The second-order valence-corrected chi connectivity index (χ2v) is 8.52. The van der Waals surface area contributed by atoms with Gasteiger partial charge in [-0.05, 0) is 46.7 Å². The van der Waals surface area contributed by atoms with Crippen molar-refractivity contribution in [3.8, 4) is 0 Å². The van der Waals surface area contributed by atoms with E-state index >= 15 is 0 Å². The number of rotatable bonds is 10. The molecule has 0 radical (unpaired) electrons. The monoisotopic (exact) mass is 524 g/mol. The lowest BCUT2D eigenvalue weighted by atomic mass is 10.0. The fraction of sp³-hybridized carbons (Fsp3) is 0.952. The highest BCUT2D eigenvalue weighted by atomic mass is 127. The molecular weight excluding hydrogens is 479 g/mol. The summed E-state index contributed by atoms with van der Waals surface area (Å²) in [6.07, 6.45) is 2.43. The smallest absolute Gasteiger partial charge is 0.191 e. The topological polar surface area (TPSA) is 55.4 Å². The standard InChI is InChI=1S/C21H44N6O.HI/c1-5-22-20(24-19-21(3,4)27-15-17-28-18-16-27)23-9-7-8-10-26-13-11-25(6-2)12-14-26;/h5-19H2,1-4H3,(H2,22,23,24);1H. The van der Waals surface area contributed by atoms with Gasteiger partial charge in [0, 0.05) is 57.9 Å². The molecule has 8 heteroatoms. The third-order valence-corrected chi connectivity index (χ3v) is 5.94. The molecule has 0 saturated carbocycles. The number of morpholine rings is 1. The molecule has 2 aliphatic rings. The Balaban J connectivity index is 0.00000420. The quantitative estimate of drug-likeness (QED) is 0.197. The second-order valence-electron chi connectivity index (χ2n) is 8.52. The first-order chi connectivity index (χ1) is 13.5. The zero-order valence-corrected chi connectivity index (χ0v) is 21.5. The van der Waals surface area contributed by atoms with Crippen molar-refractivity contribution < 1.29 is 4.74 Å². The van der Waals surface area contributed by atoms with Crippen LogP contribution in [0, 0.1) is 0 Å². The molecule has 0 bridgehead atoms. The van der Waals surface area contributed by atoms with Crippen LogP contribution in [0.15, 0.2) is 4.99 Å². The predicted molar refractivity (Wildman–Crippen MR) is 134 cm³/mol. The number of nitrogens with one attached hydrogen (secondary N) is 2. The van der Waals surface area contributed by atoms with Crippen LogP contribution in [-0.2, 0) is 4.74 Å². The summed E-state index contributed by atoms with van der Waals surface area (Å²) < 4.78 is 5.48. The van der Waals surface area contributed by atoms with Gasteiger partial charge in [-0.3, -0.25) is 9.89 Å². The summed E-state index contributed by atoms with van der Waals surface area (Å²) in [4.78, 5) is 12.5. The lowest BCUT2D eigenvalue weighted by Gasteiger charge is -2.39. The molecule has 2 rings (SSSR count). The minimum atomic E-state index is 0. The SMILES string of the molecule is CCNC(=NCC(C)(C)N1CCOCC1)NCCCCN1CCN(CC)CC1.I. The van der Waals surface area contributed by atoms with Crippen molar-refractivity contribution in [1.29, 1.82) is 0 Å². The third kappa shape index (κ3) is 10.1. The maximum absolute atomic E-state index is 5.48. The summed E-state index contributed by atoms with van der Waals surface area (Å²) in [7, 11) is 0. The fourth-order valence-electron chi connectivity index (χ4n) is 3.88. The van der Waals surface area contributed by atoms with Crippen molar-refractivity contribution in [2.24, 2.45) is 4.99 Å². The highest BCUT2D eigenvalue weighted by Crippen LogP contribution is 2.16. The van der Waals surface area contributed by atoms with Gasteiger partial charge in [-0.15, -0.1) is 24.0 Å². The molecule has 0 aromatic rings. The molecule has 172 valence electrons. The Bertz CT molecular complexity index is 448. The second kappa shape index (κ2) is 14.8. The number of guanidine groups is 1. The first-order valence-electron chi connectivity index (χ1n) is 11.3. The fourth-order valence-corrected chi connectivity index (χ4v) is 3.88. The van der Waals surface area contributed by atoms with Gasteiger partial charge < -0.3 is 25.2 Å². The minimum absolute atomic E-state index is 0. The van der Waals surface area contributed by atoms with E-state index in [-0.39, 0.29) is 29.5 Å². The molecule has 29 heavy (non-hydrogen) atoms. The lowest BCUT2D eigenvalue weighted by molar-refractivity contribution is -0.00683. The Morgan fingerprint density at radius 1 is 0.931 bits per heavy atom. The van der Waals surface area contributed by atoms with Crippen LogP contribution in [0.25, 0.3) is 0 Å². The largest absolute Gasteiger partial charge is 0.379 e. The molecule has 0 atom stereocenters. The maximum atomic E-state index is 5.48. The number of hydrogen-bond donors (Lipinski definition) is 2. The van der Waals surface area contributed by atoms with Gasteiger partial charge in [0.1, 0.15) is 0 Å². The number of aliphatic imine (C=N–C) groups is 1. The van der Waals surface area contributed by atoms with Crippen LogP contribution < -0.4 is 10.6 Å². The van der Waals surface area contributed by atoms with Crippen molar-refractivity contribution >= 4 is 29.9 Å². The number of halogens is 1. The number of hydrogen-bond acceptors (Lipinski definition) is 5. The zero-order chi connectivity index (χ0) is 20.2. The van der Waals surface area contributed by atoms with Gasteiger partial charge in [-0.2, -0.15) is 0 Å². The predicted octanol–water partition coefficient (Wildman–Crippen LogP) is 1.69. The summed E-state index contributed by atoms with van der Waals surface area (Å²) in [6, 6.07) is 0. The first kappa shape index (κ1) is 26.9. The molecular formula is C21H45IN6O. The summed E-state index contributed by atoms with van der Waals surface area (Å²) in [5.74, 6) is 0.945. The van der Waals surface area contributed by atoms with Crippen LogP contribution >= 0.6 is 24.0 Å². The summed E-state index contributed by atoms with van der Waals surface area (Å²) in [5.41, 5.74) is 0.0623. The van der Waals surface area contributed by atoms with Crippen molar-refractivity contribution in [2.45, 2.75) is 46.1 Å². The van der Waals surface area contributed by atoms with E-state index in [9.17, 15) is 0 Å². The van der Waals surface area contributed by atoms with E-state index in [1.807, 2.05) is 0 Å².